The topological polar surface area (TPSA) is 61.8 Å². The summed E-state index contributed by atoms with van der Waals surface area (Å²) >= 11 is 0. The van der Waals surface area contributed by atoms with E-state index in [1.165, 1.54) is 70.6 Å². The third kappa shape index (κ3) is 49.2. The lowest BCUT2D eigenvalue weighted by Gasteiger charge is -2.18. The van der Waals surface area contributed by atoms with Gasteiger partial charge in [0, 0.05) is 12.8 Å². The standard InChI is InChI=1S/C57H94O5/c1-4-7-10-13-16-19-22-25-27-29-30-33-35-38-41-44-47-50-56(58)61-54-55(62-57(59)51-48-45-42-39-36-32-24-21-18-15-12-9-6-3)53-60-52-49-46-43-40-37-34-31-28-26-23-20-17-14-11-8-5-2/h8,11-12,15-17,19-21,24-28,34,37,43,46,55H,4-7,9-10,13-14,18,22-23,29-33,35-36,38-42,44-45,47-54H2,1-3H3/b11-8-,15-12-,19-16-,20-17-,24-21-,27-25-,28-26-,37-34-,46-43-. The molecule has 352 valence electrons. The maximum Gasteiger partial charge on any atom is 0.306 e. The number of ether oxygens (including phenoxy) is 3. The van der Waals surface area contributed by atoms with Gasteiger partial charge in [0.25, 0.3) is 0 Å². The number of carbonyl (C=O) groups is 2. The van der Waals surface area contributed by atoms with Gasteiger partial charge in [-0.1, -0.05) is 201 Å². The summed E-state index contributed by atoms with van der Waals surface area (Å²) in [5, 5.41) is 0. The molecule has 0 rings (SSSR count). The van der Waals surface area contributed by atoms with Crippen molar-refractivity contribution in [1.29, 1.82) is 0 Å². The second-order valence-corrected chi connectivity index (χ2v) is 16.3. The SMILES string of the molecule is CC/C=C\C/C=C\C/C=C\C/C=C\C/C=C\CCOCC(COC(=O)CCCCCCCCC/C=C\C/C=C\CCCCC)OC(=O)CCCCCCC/C=C\C/C=C\CCC. The van der Waals surface area contributed by atoms with Crippen molar-refractivity contribution in [1.82, 2.24) is 0 Å². The van der Waals surface area contributed by atoms with Gasteiger partial charge < -0.3 is 14.2 Å². The Bertz CT molecular complexity index is 1250. The number of carbonyl (C=O) groups excluding carboxylic acids is 2. The molecule has 0 N–H and O–H groups in total. The van der Waals surface area contributed by atoms with Crippen LogP contribution in [0.15, 0.2) is 109 Å². The monoisotopic (exact) mass is 859 g/mol. The molecule has 0 aromatic carbocycles. The lowest BCUT2D eigenvalue weighted by atomic mass is 10.1. The molecule has 1 unspecified atom stereocenters. The highest BCUT2D eigenvalue weighted by molar-refractivity contribution is 5.70. The van der Waals surface area contributed by atoms with E-state index in [2.05, 4.69) is 130 Å². The van der Waals surface area contributed by atoms with Crippen LogP contribution in [-0.4, -0.2) is 37.9 Å². The smallest absolute Gasteiger partial charge is 0.306 e. The van der Waals surface area contributed by atoms with E-state index < -0.39 is 6.10 Å². The van der Waals surface area contributed by atoms with E-state index in [4.69, 9.17) is 14.2 Å². The molecule has 0 aliphatic carbocycles. The van der Waals surface area contributed by atoms with E-state index in [-0.39, 0.29) is 25.2 Å². The Hall–Kier alpha value is -3.44. The van der Waals surface area contributed by atoms with Crippen LogP contribution in [0.5, 0.6) is 0 Å². The van der Waals surface area contributed by atoms with Gasteiger partial charge in [-0.05, 0) is 109 Å². The summed E-state index contributed by atoms with van der Waals surface area (Å²) < 4.78 is 17.3. The average Bonchev–Trinajstić information content (AvgIpc) is 3.27. The Labute approximate surface area is 383 Å². The molecule has 1 atom stereocenters. The molecule has 0 aromatic rings. The molecule has 0 saturated carbocycles. The highest BCUT2D eigenvalue weighted by Gasteiger charge is 2.17. The quantitative estimate of drug-likeness (QED) is 0.0347. The van der Waals surface area contributed by atoms with Crippen LogP contribution in [0, 0.1) is 0 Å². The van der Waals surface area contributed by atoms with Crippen LogP contribution >= 0.6 is 0 Å². The summed E-state index contributed by atoms with van der Waals surface area (Å²) in [5.74, 6) is -0.469. The van der Waals surface area contributed by atoms with Gasteiger partial charge >= 0.3 is 11.9 Å². The van der Waals surface area contributed by atoms with E-state index in [0.717, 1.165) is 109 Å². The highest BCUT2D eigenvalue weighted by Crippen LogP contribution is 2.13. The number of rotatable bonds is 45. The Morgan fingerprint density at radius 3 is 1.23 bits per heavy atom. The van der Waals surface area contributed by atoms with Crippen LogP contribution in [0.3, 0.4) is 0 Å². The van der Waals surface area contributed by atoms with Crippen LogP contribution in [0.4, 0.5) is 0 Å². The number of unbranched alkanes of at least 4 members (excludes halogenated alkanes) is 16. The van der Waals surface area contributed by atoms with Gasteiger partial charge in [0.2, 0.25) is 0 Å². The average molecular weight is 859 g/mol. The zero-order chi connectivity index (χ0) is 44.9. The second-order valence-electron chi connectivity index (χ2n) is 16.3. The maximum atomic E-state index is 12.8. The summed E-state index contributed by atoms with van der Waals surface area (Å²) in [4.78, 5) is 25.4. The number of allylic oxidation sites excluding steroid dienone is 17. The zero-order valence-corrected chi connectivity index (χ0v) is 40.3. The molecule has 0 aliphatic rings. The van der Waals surface area contributed by atoms with E-state index in [1.54, 1.807) is 0 Å². The number of esters is 2. The molecule has 0 amide bonds. The zero-order valence-electron chi connectivity index (χ0n) is 40.3. The Morgan fingerprint density at radius 2 is 0.758 bits per heavy atom. The van der Waals surface area contributed by atoms with Crippen LogP contribution in [0.1, 0.15) is 213 Å². The van der Waals surface area contributed by atoms with Gasteiger partial charge in [-0.25, -0.2) is 0 Å². The van der Waals surface area contributed by atoms with Gasteiger partial charge in [0.05, 0.1) is 13.2 Å². The second kappa shape index (κ2) is 51.9. The Morgan fingerprint density at radius 1 is 0.371 bits per heavy atom. The van der Waals surface area contributed by atoms with Crippen molar-refractivity contribution in [2.45, 2.75) is 219 Å². The third-order valence-corrected chi connectivity index (χ3v) is 10.3. The normalized spacial score (nSPS) is 13.1. The van der Waals surface area contributed by atoms with E-state index in [0.29, 0.717) is 19.4 Å². The largest absolute Gasteiger partial charge is 0.462 e. The van der Waals surface area contributed by atoms with Crippen molar-refractivity contribution in [3.05, 3.63) is 109 Å². The maximum absolute atomic E-state index is 12.8. The van der Waals surface area contributed by atoms with Crippen molar-refractivity contribution in [3.63, 3.8) is 0 Å². The summed E-state index contributed by atoms with van der Waals surface area (Å²) in [6.45, 7) is 7.38. The molecule has 5 heteroatoms. The molecule has 0 radical (unpaired) electrons. The number of hydrogen-bond donors (Lipinski definition) is 0. The van der Waals surface area contributed by atoms with Crippen LogP contribution in [0.25, 0.3) is 0 Å². The Balaban J connectivity index is 4.42. The number of hydrogen-bond acceptors (Lipinski definition) is 5. The molecule has 0 fully saturated rings. The molecule has 0 aromatic heterocycles. The fraction of sp³-hybridized carbons (Fsp3) is 0.649. The third-order valence-electron chi connectivity index (χ3n) is 10.3. The van der Waals surface area contributed by atoms with E-state index in [9.17, 15) is 9.59 Å². The first kappa shape index (κ1) is 58.6. The molecular formula is C57H94O5. The predicted molar refractivity (Wildman–Crippen MR) is 269 cm³/mol. The summed E-state index contributed by atoms with van der Waals surface area (Å²) in [5.41, 5.74) is 0. The molecule has 62 heavy (non-hydrogen) atoms. The van der Waals surface area contributed by atoms with Crippen LogP contribution in [-0.2, 0) is 23.8 Å². The minimum absolute atomic E-state index is 0.0395. The molecular weight excluding hydrogens is 765 g/mol. The predicted octanol–water partition coefficient (Wildman–Crippen LogP) is 17.2. The van der Waals surface area contributed by atoms with Crippen molar-refractivity contribution >= 4 is 11.9 Å². The Kier molecular flexibility index (Phi) is 49.0. The molecule has 0 bridgehead atoms. The van der Waals surface area contributed by atoms with Crippen molar-refractivity contribution < 1.29 is 23.8 Å². The van der Waals surface area contributed by atoms with Gasteiger partial charge in [0.1, 0.15) is 6.61 Å². The van der Waals surface area contributed by atoms with E-state index in [1.807, 2.05) is 0 Å². The fourth-order valence-corrected chi connectivity index (χ4v) is 6.52. The minimum atomic E-state index is -0.592. The molecule has 0 saturated heterocycles. The highest BCUT2D eigenvalue weighted by atomic mass is 16.6. The van der Waals surface area contributed by atoms with Gasteiger partial charge in [-0.2, -0.15) is 0 Å². The summed E-state index contributed by atoms with van der Waals surface area (Å²) in [6.07, 6.45) is 71.1. The summed E-state index contributed by atoms with van der Waals surface area (Å²) in [6, 6.07) is 0. The van der Waals surface area contributed by atoms with Gasteiger partial charge in [0.15, 0.2) is 6.10 Å². The van der Waals surface area contributed by atoms with Crippen LogP contribution < -0.4 is 0 Å². The van der Waals surface area contributed by atoms with Gasteiger partial charge in [-0.15, -0.1) is 0 Å². The summed E-state index contributed by atoms with van der Waals surface area (Å²) in [7, 11) is 0. The molecule has 0 spiro atoms. The minimum Gasteiger partial charge on any atom is -0.462 e. The van der Waals surface area contributed by atoms with Crippen molar-refractivity contribution in [2.24, 2.45) is 0 Å². The molecule has 0 heterocycles. The molecule has 0 aliphatic heterocycles. The van der Waals surface area contributed by atoms with E-state index >= 15 is 0 Å². The lowest BCUT2D eigenvalue weighted by molar-refractivity contribution is -0.162. The first-order valence-corrected chi connectivity index (χ1v) is 25.4. The fourth-order valence-electron chi connectivity index (χ4n) is 6.52. The van der Waals surface area contributed by atoms with Crippen LogP contribution in [0.2, 0.25) is 0 Å². The first-order chi connectivity index (χ1) is 30.6. The van der Waals surface area contributed by atoms with Crippen molar-refractivity contribution in [3.8, 4) is 0 Å². The molecule has 5 nitrogen and oxygen atoms in total. The first-order valence-electron chi connectivity index (χ1n) is 25.4. The van der Waals surface area contributed by atoms with Gasteiger partial charge in [-0.3, -0.25) is 9.59 Å². The van der Waals surface area contributed by atoms with Crippen molar-refractivity contribution in [2.75, 3.05) is 19.8 Å². The lowest BCUT2D eigenvalue weighted by Crippen LogP contribution is -2.30.